The highest BCUT2D eigenvalue weighted by molar-refractivity contribution is 8.14. The summed E-state index contributed by atoms with van der Waals surface area (Å²) in [5, 5.41) is -0.740. The van der Waals surface area contributed by atoms with Gasteiger partial charge in [-0.1, -0.05) is 13.8 Å². The highest BCUT2D eigenvalue weighted by atomic mass is 35.7. The number of hydrogen-bond acceptors (Lipinski definition) is 4. The monoisotopic (exact) mass is 322 g/mol. The summed E-state index contributed by atoms with van der Waals surface area (Å²) in [6.45, 7) is 8.27. The van der Waals surface area contributed by atoms with Gasteiger partial charge in [0.05, 0.1) is 0 Å². The largest absolute Gasteiger partial charge is 0.340 e. The molecular weight excluding hydrogens is 300 g/mol. The molecule has 1 amide bonds. The molecule has 2 aliphatic heterocycles. The van der Waals surface area contributed by atoms with E-state index in [-0.39, 0.29) is 18.9 Å². The third kappa shape index (κ3) is 4.09. The molecule has 2 heterocycles. The minimum Gasteiger partial charge on any atom is -0.340 e. The van der Waals surface area contributed by atoms with Gasteiger partial charge in [0.15, 0.2) is 0 Å². The second kappa shape index (κ2) is 6.20. The Morgan fingerprint density at radius 2 is 1.75 bits per heavy atom. The zero-order valence-corrected chi connectivity index (χ0v) is 13.7. The maximum absolute atomic E-state index is 11.8. The molecule has 2 rings (SSSR count). The topological polar surface area (TPSA) is 57.7 Å². The van der Waals surface area contributed by atoms with Crippen molar-refractivity contribution in [1.29, 1.82) is 0 Å². The van der Waals surface area contributed by atoms with Gasteiger partial charge in [-0.05, 0) is 18.3 Å². The third-order valence-electron chi connectivity index (χ3n) is 4.21. The minimum atomic E-state index is -3.63. The number of carbonyl (C=O) groups is 1. The molecule has 3 unspecified atom stereocenters. The highest BCUT2D eigenvalue weighted by Crippen LogP contribution is 2.23. The molecule has 2 aliphatic rings. The average molecular weight is 323 g/mol. The Labute approximate surface area is 125 Å². The van der Waals surface area contributed by atoms with Gasteiger partial charge >= 0.3 is 0 Å². The van der Waals surface area contributed by atoms with E-state index in [1.54, 1.807) is 4.90 Å². The number of piperidine rings is 1. The smallest absolute Gasteiger partial charge is 0.237 e. The van der Waals surface area contributed by atoms with Gasteiger partial charge in [-0.2, -0.15) is 0 Å². The molecule has 116 valence electrons. The predicted molar refractivity (Wildman–Crippen MR) is 79.1 cm³/mol. The number of halogens is 1. The quantitative estimate of drug-likeness (QED) is 0.728. The first-order valence-electron chi connectivity index (χ1n) is 7.19. The molecule has 2 saturated heterocycles. The summed E-state index contributed by atoms with van der Waals surface area (Å²) in [5.41, 5.74) is 0. The fourth-order valence-electron chi connectivity index (χ4n) is 3.38. The van der Waals surface area contributed by atoms with E-state index in [4.69, 9.17) is 10.7 Å². The summed E-state index contributed by atoms with van der Waals surface area (Å²) >= 11 is 0. The summed E-state index contributed by atoms with van der Waals surface area (Å²) < 4.78 is 22.6. The molecule has 0 radical (unpaired) electrons. The van der Waals surface area contributed by atoms with Gasteiger partial charge in [0.1, 0.15) is 5.25 Å². The summed E-state index contributed by atoms with van der Waals surface area (Å²) in [5.74, 6) is 1.27. The molecule has 5 nitrogen and oxygen atoms in total. The Bertz CT molecular complexity index is 458. The van der Waals surface area contributed by atoms with Gasteiger partial charge in [-0.25, -0.2) is 8.42 Å². The lowest BCUT2D eigenvalue weighted by Gasteiger charge is -2.35. The lowest BCUT2D eigenvalue weighted by Crippen LogP contribution is -2.43. The number of hydrogen-bond donors (Lipinski definition) is 0. The molecule has 0 saturated carbocycles. The summed E-state index contributed by atoms with van der Waals surface area (Å²) in [6.07, 6.45) is 1.28. The normalized spacial score (nSPS) is 32.9. The van der Waals surface area contributed by atoms with Crippen LogP contribution in [-0.4, -0.2) is 62.1 Å². The highest BCUT2D eigenvalue weighted by Gasteiger charge is 2.37. The Kier molecular flexibility index (Phi) is 4.97. The molecule has 0 bridgehead atoms. The van der Waals surface area contributed by atoms with Gasteiger partial charge in [0.2, 0.25) is 15.0 Å². The Hall–Kier alpha value is -0.330. The molecule has 2 fully saturated rings. The van der Waals surface area contributed by atoms with E-state index >= 15 is 0 Å². The molecule has 20 heavy (non-hydrogen) atoms. The lowest BCUT2D eigenvalue weighted by atomic mass is 9.92. The Morgan fingerprint density at radius 3 is 2.25 bits per heavy atom. The van der Waals surface area contributed by atoms with Gasteiger partial charge < -0.3 is 9.80 Å². The van der Waals surface area contributed by atoms with Crippen LogP contribution in [0.3, 0.4) is 0 Å². The zero-order valence-electron chi connectivity index (χ0n) is 12.1. The van der Waals surface area contributed by atoms with Crippen molar-refractivity contribution >= 4 is 25.6 Å². The van der Waals surface area contributed by atoms with Crippen LogP contribution >= 0.6 is 10.7 Å². The van der Waals surface area contributed by atoms with Gasteiger partial charge in [0.25, 0.3) is 0 Å². The van der Waals surface area contributed by atoms with Crippen molar-refractivity contribution in [3.8, 4) is 0 Å². The Balaban J connectivity index is 1.84. The fourth-order valence-corrected chi connectivity index (χ4v) is 4.44. The van der Waals surface area contributed by atoms with Crippen LogP contribution in [0, 0.1) is 11.8 Å². The van der Waals surface area contributed by atoms with Crippen LogP contribution in [0.25, 0.3) is 0 Å². The van der Waals surface area contributed by atoms with Gasteiger partial charge in [-0.15, -0.1) is 0 Å². The van der Waals surface area contributed by atoms with Crippen LogP contribution in [0.1, 0.15) is 26.7 Å². The van der Waals surface area contributed by atoms with E-state index in [2.05, 4.69) is 18.7 Å². The molecule has 0 spiro atoms. The van der Waals surface area contributed by atoms with Gasteiger partial charge in [0, 0.05) is 49.8 Å². The average Bonchev–Trinajstić information content (AvgIpc) is 2.66. The Morgan fingerprint density at radius 1 is 1.15 bits per heavy atom. The van der Waals surface area contributed by atoms with Crippen LogP contribution in [-0.2, 0) is 13.8 Å². The maximum atomic E-state index is 11.8. The van der Waals surface area contributed by atoms with Crippen molar-refractivity contribution < 1.29 is 13.2 Å². The molecule has 3 atom stereocenters. The number of amides is 1. The standard InChI is InChI=1S/C13H23ClN2O3S/c1-10-5-11(2)8-15(7-10)3-4-16-9-12(6-13(16)17)20(14,18)19/h10-12H,3-9H2,1-2H3. The van der Waals surface area contributed by atoms with Crippen molar-refractivity contribution in [2.45, 2.75) is 31.9 Å². The maximum Gasteiger partial charge on any atom is 0.237 e. The van der Waals surface area contributed by atoms with Crippen LogP contribution in [0.5, 0.6) is 0 Å². The molecule has 7 heteroatoms. The van der Waals surface area contributed by atoms with Crippen molar-refractivity contribution in [3.63, 3.8) is 0 Å². The molecule has 0 aromatic heterocycles. The lowest BCUT2D eigenvalue weighted by molar-refractivity contribution is -0.127. The van der Waals surface area contributed by atoms with Crippen LogP contribution in [0.2, 0.25) is 0 Å². The van der Waals surface area contributed by atoms with Crippen LogP contribution in [0.15, 0.2) is 0 Å². The molecule has 0 aromatic rings. The van der Waals surface area contributed by atoms with E-state index in [1.807, 2.05) is 0 Å². The molecular formula is C13H23ClN2O3S. The van der Waals surface area contributed by atoms with Crippen LogP contribution in [0.4, 0.5) is 0 Å². The number of likely N-dealkylation sites (tertiary alicyclic amines) is 2. The number of carbonyl (C=O) groups excluding carboxylic acids is 1. The SMILES string of the molecule is CC1CC(C)CN(CCN2CC(S(=O)(=O)Cl)CC2=O)C1. The predicted octanol–water partition coefficient (Wildman–Crippen LogP) is 1.13. The van der Waals surface area contributed by atoms with Crippen molar-refractivity contribution in [2.75, 3.05) is 32.7 Å². The first kappa shape index (κ1) is 16.0. The summed E-state index contributed by atoms with van der Waals surface area (Å²) in [7, 11) is 1.71. The number of nitrogens with zero attached hydrogens (tertiary/aromatic N) is 2. The van der Waals surface area contributed by atoms with Gasteiger partial charge in [-0.3, -0.25) is 4.79 Å². The molecule has 0 aliphatic carbocycles. The van der Waals surface area contributed by atoms with E-state index in [0.29, 0.717) is 18.4 Å². The van der Waals surface area contributed by atoms with E-state index < -0.39 is 14.3 Å². The van der Waals surface area contributed by atoms with Crippen LogP contribution < -0.4 is 0 Å². The van der Waals surface area contributed by atoms with E-state index in [1.165, 1.54) is 6.42 Å². The first-order chi connectivity index (χ1) is 9.25. The third-order valence-corrected chi connectivity index (χ3v) is 6.08. The van der Waals surface area contributed by atoms with E-state index in [0.717, 1.165) is 19.6 Å². The second-order valence-electron chi connectivity index (χ2n) is 6.35. The minimum absolute atomic E-state index is 0.0264. The zero-order chi connectivity index (χ0) is 14.9. The number of rotatable bonds is 4. The van der Waals surface area contributed by atoms with E-state index in [9.17, 15) is 13.2 Å². The summed E-state index contributed by atoms with van der Waals surface area (Å²) in [6, 6.07) is 0. The second-order valence-corrected chi connectivity index (χ2v) is 9.26. The van der Waals surface area contributed by atoms with Crippen molar-refractivity contribution in [2.24, 2.45) is 11.8 Å². The summed E-state index contributed by atoms with van der Waals surface area (Å²) in [4.78, 5) is 15.8. The van der Waals surface area contributed by atoms with Crippen molar-refractivity contribution in [3.05, 3.63) is 0 Å². The fraction of sp³-hybridized carbons (Fsp3) is 0.923. The molecule has 0 aromatic carbocycles. The van der Waals surface area contributed by atoms with Crippen molar-refractivity contribution in [1.82, 2.24) is 9.80 Å². The first-order valence-corrected chi connectivity index (χ1v) is 9.56. The molecule has 0 N–H and O–H groups in total.